The number of rotatable bonds is 9. The van der Waals surface area contributed by atoms with Crippen molar-refractivity contribution in [2.75, 3.05) is 43.5 Å². The number of benzene rings is 3. The number of nitrogens with one attached hydrogen (secondary N) is 2. The molecule has 9 nitrogen and oxygen atoms in total. The highest BCUT2D eigenvalue weighted by molar-refractivity contribution is 6.10. The number of carbonyl (C=O) groups is 2. The van der Waals surface area contributed by atoms with E-state index < -0.39 is 6.03 Å². The molecule has 0 saturated carbocycles. The molecule has 0 unspecified atom stereocenters. The predicted molar refractivity (Wildman–Crippen MR) is 190 cm³/mol. The molecule has 0 aliphatic carbocycles. The number of amides is 3. The molecule has 0 radical (unpaired) electrons. The molecule has 0 atom stereocenters. The van der Waals surface area contributed by atoms with Gasteiger partial charge in [-0.15, -0.1) is 0 Å². The van der Waals surface area contributed by atoms with E-state index in [1.165, 1.54) is 5.56 Å². The quantitative estimate of drug-likeness (QED) is 0.175. The van der Waals surface area contributed by atoms with Crippen molar-refractivity contribution in [2.24, 2.45) is 0 Å². The zero-order valence-electron chi connectivity index (χ0n) is 27.7. The number of anilines is 2. The number of hydrogen-bond acceptors (Lipinski definition) is 6. The summed E-state index contributed by atoms with van der Waals surface area (Å²) in [6.45, 7) is 8.31. The molecule has 246 valence electrons. The summed E-state index contributed by atoms with van der Waals surface area (Å²) in [5.41, 5.74) is 6.32. The Bertz CT molecular complexity index is 1880. The van der Waals surface area contributed by atoms with E-state index in [0.29, 0.717) is 43.4 Å². The Hall–Kier alpha value is -5.28. The molecule has 9 heteroatoms. The average Bonchev–Trinajstić information content (AvgIpc) is 3.11. The largest absolute Gasteiger partial charge is 0.482 e. The van der Waals surface area contributed by atoms with Crippen LogP contribution in [0.5, 0.6) is 5.75 Å². The standard InChI is InChI=1S/C39H41N5O4/c1-39(2,3)29-10-15-36(48-26-37(45)44-20-22-47-23-21-44)35(24-29)43-38(46)42-34-14-13-31(32-6-4-5-7-33(32)34)28-9-12-30(41-25-28)11-8-27-16-18-40-19-17-27/h4-7,9-10,12-19,24-25H,8,11,20-23,26H2,1-3H3,(H2,42,43,46). The number of nitrogens with zero attached hydrogens (tertiary/aromatic N) is 3. The van der Waals surface area contributed by atoms with Gasteiger partial charge in [0.15, 0.2) is 6.61 Å². The summed E-state index contributed by atoms with van der Waals surface area (Å²) in [7, 11) is 0. The van der Waals surface area contributed by atoms with Gasteiger partial charge in [-0.1, -0.05) is 63.2 Å². The fourth-order valence-corrected chi connectivity index (χ4v) is 5.75. The van der Waals surface area contributed by atoms with Crippen LogP contribution < -0.4 is 15.4 Å². The lowest BCUT2D eigenvalue weighted by Gasteiger charge is -2.27. The zero-order valence-corrected chi connectivity index (χ0v) is 27.7. The van der Waals surface area contributed by atoms with Gasteiger partial charge in [-0.3, -0.25) is 14.8 Å². The second kappa shape index (κ2) is 14.6. The Labute approximate surface area is 281 Å². The number of urea groups is 1. The summed E-state index contributed by atoms with van der Waals surface area (Å²) in [5.74, 6) is 0.312. The van der Waals surface area contributed by atoms with E-state index >= 15 is 0 Å². The Kier molecular flexibility index (Phi) is 9.96. The SMILES string of the molecule is CC(C)(C)c1ccc(OCC(=O)N2CCOCC2)c(NC(=O)Nc2ccc(-c3ccc(CCc4ccncc4)nc3)c3ccccc23)c1. The predicted octanol–water partition coefficient (Wildman–Crippen LogP) is 7.26. The molecule has 6 rings (SSSR count). The van der Waals surface area contributed by atoms with Gasteiger partial charge >= 0.3 is 6.03 Å². The van der Waals surface area contributed by atoms with Crippen LogP contribution in [0.25, 0.3) is 21.9 Å². The van der Waals surface area contributed by atoms with Crippen LogP contribution in [0.2, 0.25) is 0 Å². The minimum absolute atomic E-state index is 0.116. The zero-order chi connectivity index (χ0) is 33.5. The lowest BCUT2D eigenvalue weighted by Crippen LogP contribution is -2.43. The van der Waals surface area contributed by atoms with Crippen molar-refractivity contribution in [3.63, 3.8) is 0 Å². The summed E-state index contributed by atoms with van der Waals surface area (Å²) >= 11 is 0. The number of aromatic nitrogens is 2. The number of hydrogen-bond donors (Lipinski definition) is 2. The minimum Gasteiger partial charge on any atom is -0.482 e. The van der Waals surface area contributed by atoms with Gasteiger partial charge in [0.25, 0.3) is 5.91 Å². The summed E-state index contributed by atoms with van der Waals surface area (Å²) in [6.07, 6.45) is 7.29. The smallest absolute Gasteiger partial charge is 0.323 e. The normalized spacial score (nSPS) is 13.3. The highest BCUT2D eigenvalue weighted by Gasteiger charge is 2.21. The van der Waals surface area contributed by atoms with Crippen molar-refractivity contribution in [3.05, 3.63) is 114 Å². The highest BCUT2D eigenvalue weighted by Crippen LogP contribution is 2.35. The lowest BCUT2D eigenvalue weighted by atomic mass is 9.87. The molecule has 2 N–H and O–H groups in total. The summed E-state index contributed by atoms with van der Waals surface area (Å²) in [4.78, 5) is 36.8. The van der Waals surface area contributed by atoms with E-state index in [-0.39, 0.29) is 17.9 Å². The first kappa shape index (κ1) is 32.7. The van der Waals surface area contributed by atoms with Crippen molar-refractivity contribution in [3.8, 4) is 16.9 Å². The van der Waals surface area contributed by atoms with Crippen LogP contribution in [0.4, 0.5) is 16.2 Å². The Morgan fingerprint density at radius 1 is 0.854 bits per heavy atom. The molecule has 3 amide bonds. The molecule has 1 aliphatic rings. The summed E-state index contributed by atoms with van der Waals surface area (Å²) in [5, 5.41) is 7.93. The van der Waals surface area contributed by atoms with Crippen LogP contribution >= 0.6 is 0 Å². The van der Waals surface area contributed by atoms with Gasteiger partial charge in [0.1, 0.15) is 5.75 Å². The molecule has 3 heterocycles. The van der Waals surface area contributed by atoms with Crippen molar-refractivity contribution >= 4 is 34.1 Å². The number of fused-ring (bicyclic) bond motifs is 1. The maximum Gasteiger partial charge on any atom is 0.323 e. The molecule has 0 spiro atoms. The first-order valence-electron chi connectivity index (χ1n) is 16.3. The molecule has 5 aromatic rings. The monoisotopic (exact) mass is 643 g/mol. The number of ether oxygens (including phenoxy) is 2. The first-order chi connectivity index (χ1) is 23.2. The van der Waals surface area contributed by atoms with E-state index in [4.69, 9.17) is 14.5 Å². The first-order valence-corrected chi connectivity index (χ1v) is 16.3. The van der Waals surface area contributed by atoms with E-state index in [0.717, 1.165) is 46.0 Å². The van der Waals surface area contributed by atoms with Gasteiger partial charge < -0.3 is 25.0 Å². The Morgan fingerprint density at radius 2 is 1.60 bits per heavy atom. The van der Waals surface area contributed by atoms with Gasteiger partial charge in [0.05, 0.1) is 24.6 Å². The molecule has 1 saturated heterocycles. The maximum atomic E-state index is 13.5. The third-order valence-corrected chi connectivity index (χ3v) is 8.54. The van der Waals surface area contributed by atoms with Crippen LogP contribution in [0.15, 0.2) is 97.5 Å². The second-order valence-corrected chi connectivity index (χ2v) is 12.9. The number of carbonyl (C=O) groups excluding carboxylic acids is 2. The van der Waals surface area contributed by atoms with Crippen LogP contribution in [-0.2, 0) is 27.8 Å². The van der Waals surface area contributed by atoms with Crippen molar-refractivity contribution < 1.29 is 19.1 Å². The Balaban J connectivity index is 1.18. The van der Waals surface area contributed by atoms with Crippen LogP contribution in [0.3, 0.4) is 0 Å². The van der Waals surface area contributed by atoms with Crippen molar-refractivity contribution in [1.29, 1.82) is 0 Å². The van der Waals surface area contributed by atoms with Gasteiger partial charge in [-0.05, 0) is 76.7 Å². The van der Waals surface area contributed by atoms with Gasteiger partial charge in [0.2, 0.25) is 0 Å². The van der Waals surface area contributed by atoms with Gasteiger partial charge in [0, 0.05) is 48.3 Å². The van der Waals surface area contributed by atoms with Crippen molar-refractivity contribution in [1.82, 2.24) is 14.9 Å². The molecule has 48 heavy (non-hydrogen) atoms. The van der Waals surface area contributed by atoms with E-state index in [1.807, 2.05) is 79.3 Å². The van der Waals surface area contributed by atoms with Gasteiger partial charge in [-0.25, -0.2) is 4.79 Å². The maximum absolute atomic E-state index is 13.5. The highest BCUT2D eigenvalue weighted by atomic mass is 16.5. The molecular formula is C39H41N5O4. The average molecular weight is 644 g/mol. The van der Waals surface area contributed by atoms with Crippen LogP contribution in [-0.4, -0.2) is 59.7 Å². The van der Waals surface area contributed by atoms with E-state index in [1.54, 1.807) is 4.90 Å². The molecule has 2 aromatic heterocycles. The number of morpholine rings is 1. The number of aryl methyl sites for hydroxylation is 2. The molecular weight excluding hydrogens is 602 g/mol. The Morgan fingerprint density at radius 3 is 2.33 bits per heavy atom. The molecule has 3 aromatic carbocycles. The third kappa shape index (κ3) is 7.98. The lowest BCUT2D eigenvalue weighted by molar-refractivity contribution is -0.137. The van der Waals surface area contributed by atoms with Crippen molar-refractivity contribution in [2.45, 2.75) is 39.0 Å². The molecule has 0 bridgehead atoms. The number of pyridine rings is 2. The third-order valence-electron chi connectivity index (χ3n) is 8.54. The topological polar surface area (TPSA) is 106 Å². The van der Waals surface area contributed by atoms with E-state index in [9.17, 15) is 9.59 Å². The molecule has 1 fully saturated rings. The van der Waals surface area contributed by atoms with Crippen LogP contribution in [0.1, 0.15) is 37.6 Å². The molecule has 1 aliphatic heterocycles. The fourth-order valence-electron chi connectivity index (χ4n) is 5.75. The summed E-state index contributed by atoms with van der Waals surface area (Å²) < 4.78 is 11.3. The minimum atomic E-state index is -0.413. The fraction of sp³-hybridized carbons (Fsp3) is 0.282. The second-order valence-electron chi connectivity index (χ2n) is 12.9. The van der Waals surface area contributed by atoms with Gasteiger partial charge in [-0.2, -0.15) is 0 Å². The van der Waals surface area contributed by atoms with E-state index in [2.05, 4.69) is 54.6 Å². The summed E-state index contributed by atoms with van der Waals surface area (Å²) in [6, 6.07) is 25.4. The van der Waals surface area contributed by atoms with Crippen LogP contribution in [0, 0.1) is 0 Å².